The first-order chi connectivity index (χ1) is 13.1. The van der Waals surface area contributed by atoms with Crippen molar-refractivity contribution in [3.05, 3.63) is 24.3 Å². The highest BCUT2D eigenvalue weighted by Crippen LogP contribution is 2.27. The molecular formula is C20H26N4O3. The summed E-state index contributed by atoms with van der Waals surface area (Å²) in [7, 11) is 0. The molecule has 0 saturated carbocycles. The Morgan fingerprint density at radius 1 is 1.00 bits per heavy atom. The van der Waals surface area contributed by atoms with E-state index < -0.39 is 0 Å². The Morgan fingerprint density at radius 3 is 2.44 bits per heavy atom. The van der Waals surface area contributed by atoms with E-state index in [1.807, 2.05) is 34.1 Å². The summed E-state index contributed by atoms with van der Waals surface area (Å²) in [6, 6.07) is 8.41. The number of carbonyl (C=O) groups excluding carboxylic acids is 2. The van der Waals surface area contributed by atoms with Crippen LogP contribution in [0.3, 0.4) is 0 Å². The second-order valence-electron chi connectivity index (χ2n) is 7.41. The van der Waals surface area contributed by atoms with Crippen molar-refractivity contribution in [1.29, 1.82) is 0 Å². The fraction of sp³-hybridized carbons (Fsp3) is 0.550. The molecule has 7 nitrogen and oxygen atoms in total. The van der Waals surface area contributed by atoms with Crippen molar-refractivity contribution in [2.75, 3.05) is 44.2 Å². The number of piperidine rings is 1. The molecule has 2 aliphatic rings. The number of hydrogen-bond donors (Lipinski definition) is 0. The molecule has 0 atom stereocenters. The van der Waals surface area contributed by atoms with Gasteiger partial charge >= 0.3 is 0 Å². The van der Waals surface area contributed by atoms with E-state index in [4.69, 9.17) is 4.42 Å². The Hall–Kier alpha value is -2.57. The molecule has 4 rings (SSSR count). The van der Waals surface area contributed by atoms with Crippen LogP contribution in [0.15, 0.2) is 28.7 Å². The highest BCUT2D eigenvalue weighted by molar-refractivity contribution is 5.80. The van der Waals surface area contributed by atoms with E-state index in [0.717, 1.165) is 56.5 Å². The molecule has 2 aliphatic heterocycles. The average molecular weight is 370 g/mol. The summed E-state index contributed by atoms with van der Waals surface area (Å²) in [5, 5.41) is 0. The zero-order chi connectivity index (χ0) is 18.8. The second kappa shape index (κ2) is 7.58. The molecule has 27 heavy (non-hydrogen) atoms. The van der Waals surface area contributed by atoms with Crippen molar-refractivity contribution < 1.29 is 14.0 Å². The van der Waals surface area contributed by atoms with E-state index in [1.165, 1.54) is 0 Å². The Kier molecular flexibility index (Phi) is 5.01. The van der Waals surface area contributed by atoms with Crippen LogP contribution >= 0.6 is 0 Å². The Labute approximate surface area is 158 Å². The van der Waals surface area contributed by atoms with E-state index in [1.54, 1.807) is 6.92 Å². The van der Waals surface area contributed by atoms with Crippen molar-refractivity contribution in [2.24, 2.45) is 5.92 Å². The van der Waals surface area contributed by atoms with Gasteiger partial charge in [-0.2, -0.15) is 4.98 Å². The van der Waals surface area contributed by atoms with Crippen LogP contribution in [0.1, 0.15) is 26.2 Å². The summed E-state index contributed by atoms with van der Waals surface area (Å²) in [5.74, 6) is 0.378. The summed E-state index contributed by atoms with van der Waals surface area (Å²) < 4.78 is 5.85. The Balaban J connectivity index is 1.34. The molecule has 1 aromatic carbocycles. The van der Waals surface area contributed by atoms with Crippen LogP contribution in [0.25, 0.3) is 11.1 Å². The van der Waals surface area contributed by atoms with E-state index in [-0.39, 0.29) is 17.7 Å². The van der Waals surface area contributed by atoms with Gasteiger partial charge in [0.15, 0.2) is 5.58 Å². The molecule has 0 N–H and O–H groups in total. The van der Waals surface area contributed by atoms with Crippen LogP contribution in [0.5, 0.6) is 0 Å². The van der Waals surface area contributed by atoms with Gasteiger partial charge < -0.3 is 19.1 Å². The monoisotopic (exact) mass is 370 g/mol. The fourth-order valence-electron chi connectivity index (χ4n) is 4.02. The number of para-hydroxylation sites is 2. The van der Waals surface area contributed by atoms with Gasteiger partial charge in [-0.15, -0.1) is 0 Å². The lowest BCUT2D eigenvalue weighted by molar-refractivity contribution is -0.136. The molecular weight excluding hydrogens is 344 g/mol. The lowest BCUT2D eigenvalue weighted by Crippen LogP contribution is -2.44. The number of anilines is 1. The quantitative estimate of drug-likeness (QED) is 0.810. The predicted molar refractivity (Wildman–Crippen MR) is 102 cm³/mol. The molecule has 2 saturated heterocycles. The molecule has 3 heterocycles. The number of carbonyl (C=O) groups is 2. The predicted octanol–water partition coefficient (Wildman–Crippen LogP) is 2.12. The number of rotatable bonds is 2. The average Bonchev–Trinajstić information content (AvgIpc) is 2.96. The van der Waals surface area contributed by atoms with Gasteiger partial charge in [0.1, 0.15) is 5.52 Å². The minimum atomic E-state index is 0.0505. The molecule has 0 radical (unpaired) electrons. The normalized spacial score (nSPS) is 19.4. The minimum absolute atomic E-state index is 0.0505. The number of nitrogens with zero attached hydrogens (tertiary/aromatic N) is 4. The third kappa shape index (κ3) is 3.77. The first-order valence-electron chi connectivity index (χ1n) is 9.76. The number of aromatic nitrogens is 1. The maximum absolute atomic E-state index is 12.9. The lowest BCUT2D eigenvalue weighted by Gasteiger charge is -2.33. The van der Waals surface area contributed by atoms with Crippen LogP contribution in [-0.4, -0.2) is 65.9 Å². The Morgan fingerprint density at radius 2 is 1.70 bits per heavy atom. The van der Waals surface area contributed by atoms with Gasteiger partial charge in [-0.1, -0.05) is 12.1 Å². The smallest absolute Gasteiger partial charge is 0.298 e. The van der Waals surface area contributed by atoms with Gasteiger partial charge in [0.2, 0.25) is 11.8 Å². The van der Waals surface area contributed by atoms with E-state index in [0.29, 0.717) is 19.1 Å². The van der Waals surface area contributed by atoms with Crippen molar-refractivity contribution in [1.82, 2.24) is 14.8 Å². The summed E-state index contributed by atoms with van der Waals surface area (Å²) in [6.07, 6.45) is 2.47. The first-order valence-corrected chi connectivity index (χ1v) is 9.76. The highest BCUT2D eigenvalue weighted by atomic mass is 16.4. The number of hydrogen-bond acceptors (Lipinski definition) is 5. The molecule has 2 aromatic rings. The van der Waals surface area contributed by atoms with Crippen LogP contribution in [0.2, 0.25) is 0 Å². The second-order valence-corrected chi connectivity index (χ2v) is 7.41. The SMILES string of the molecule is CC(=O)N1CCCN(C(=O)C2CCN(c3nc4ccccc4o3)CC2)CC1. The van der Waals surface area contributed by atoms with Crippen molar-refractivity contribution in [3.8, 4) is 0 Å². The van der Waals surface area contributed by atoms with Gasteiger partial charge in [0.25, 0.3) is 6.01 Å². The topological polar surface area (TPSA) is 69.9 Å². The molecule has 2 fully saturated rings. The summed E-state index contributed by atoms with van der Waals surface area (Å²) in [5.41, 5.74) is 1.66. The lowest BCUT2D eigenvalue weighted by atomic mass is 9.95. The molecule has 7 heteroatoms. The van der Waals surface area contributed by atoms with Crippen LogP contribution in [0, 0.1) is 5.92 Å². The summed E-state index contributed by atoms with van der Waals surface area (Å²) in [4.78, 5) is 35.0. The fourth-order valence-corrected chi connectivity index (χ4v) is 4.02. The third-order valence-electron chi connectivity index (χ3n) is 5.65. The van der Waals surface area contributed by atoms with Gasteiger partial charge in [-0.25, -0.2) is 0 Å². The zero-order valence-corrected chi connectivity index (χ0v) is 15.8. The highest BCUT2D eigenvalue weighted by Gasteiger charge is 2.31. The minimum Gasteiger partial charge on any atom is -0.423 e. The number of benzene rings is 1. The molecule has 0 bridgehead atoms. The van der Waals surface area contributed by atoms with Crippen LogP contribution in [0.4, 0.5) is 6.01 Å². The van der Waals surface area contributed by atoms with Gasteiger partial charge in [0.05, 0.1) is 0 Å². The summed E-state index contributed by atoms with van der Waals surface area (Å²) in [6.45, 7) is 5.92. The Bertz CT molecular complexity index is 792. The largest absolute Gasteiger partial charge is 0.423 e. The van der Waals surface area contributed by atoms with Gasteiger partial charge in [-0.3, -0.25) is 9.59 Å². The van der Waals surface area contributed by atoms with Crippen molar-refractivity contribution >= 4 is 28.9 Å². The number of oxazole rings is 1. The molecule has 0 spiro atoms. The van der Waals surface area contributed by atoms with Crippen LogP contribution in [-0.2, 0) is 9.59 Å². The van der Waals surface area contributed by atoms with Crippen molar-refractivity contribution in [2.45, 2.75) is 26.2 Å². The zero-order valence-electron chi connectivity index (χ0n) is 15.8. The standard InChI is InChI=1S/C20H26N4O3/c1-15(25)22-9-4-10-23(14-13-22)19(26)16-7-11-24(12-8-16)20-21-17-5-2-3-6-18(17)27-20/h2-3,5-6,16H,4,7-14H2,1H3. The molecule has 0 unspecified atom stereocenters. The van der Waals surface area contributed by atoms with Crippen LogP contribution < -0.4 is 4.90 Å². The van der Waals surface area contributed by atoms with Gasteiger partial charge in [0, 0.05) is 52.1 Å². The van der Waals surface area contributed by atoms with E-state index in [2.05, 4.69) is 9.88 Å². The third-order valence-corrected chi connectivity index (χ3v) is 5.65. The van der Waals surface area contributed by atoms with E-state index in [9.17, 15) is 9.59 Å². The molecule has 144 valence electrons. The maximum Gasteiger partial charge on any atom is 0.298 e. The summed E-state index contributed by atoms with van der Waals surface area (Å²) >= 11 is 0. The number of fused-ring (bicyclic) bond motifs is 1. The number of amides is 2. The molecule has 2 amide bonds. The molecule has 1 aromatic heterocycles. The van der Waals surface area contributed by atoms with E-state index >= 15 is 0 Å². The maximum atomic E-state index is 12.9. The van der Waals surface area contributed by atoms with Gasteiger partial charge in [-0.05, 0) is 31.4 Å². The molecule has 0 aliphatic carbocycles. The van der Waals surface area contributed by atoms with Crippen molar-refractivity contribution in [3.63, 3.8) is 0 Å². The first kappa shape index (κ1) is 17.8.